The summed E-state index contributed by atoms with van der Waals surface area (Å²) in [7, 11) is 0. The number of anilines is 2. The normalized spacial score (nSPS) is 15.3. The molecule has 0 unspecified atom stereocenters. The van der Waals surface area contributed by atoms with E-state index >= 15 is 0 Å². The molecule has 2 aromatic rings. The number of nitrogens with zero attached hydrogens (tertiary/aromatic N) is 6. The number of aromatic nitrogens is 5. The second-order valence-electron chi connectivity index (χ2n) is 4.62. The van der Waals surface area contributed by atoms with Crippen LogP contribution in [0.15, 0.2) is 5.16 Å². The molecule has 0 radical (unpaired) electrons. The third kappa shape index (κ3) is 3.03. The lowest BCUT2D eigenvalue weighted by molar-refractivity contribution is 0.122. The van der Waals surface area contributed by atoms with Gasteiger partial charge in [0.25, 0.3) is 0 Å². The number of fused-ring (bicyclic) bond motifs is 1. The number of aliphatic hydroxyl groups is 1. The molecule has 3 heterocycles. The molecular formula is C12H17N7O2S. The zero-order chi connectivity index (χ0) is 15.4. The Hall–Kier alpha value is -1.78. The number of rotatable bonds is 5. The second kappa shape index (κ2) is 6.99. The summed E-state index contributed by atoms with van der Waals surface area (Å²) in [6, 6.07) is 0. The lowest BCUT2D eigenvalue weighted by Crippen LogP contribution is -2.37. The number of thioether (sulfide) groups is 1. The van der Waals surface area contributed by atoms with E-state index in [0.29, 0.717) is 41.8 Å². The zero-order valence-corrected chi connectivity index (χ0v) is 13.0. The number of ether oxygens (including phenoxy) is 1. The van der Waals surface area contributed by atoms with Crippen LogP contribution in [0.2, 0.25) is 0 Å². The maximum absolute atomic E-state index is 8.97. The zero-order valence-electron chi connectivity index (χ0n) is 12.2. The molecule has 1 fully saturated rings. The molecule has 0 spiro atoms. The molecule has 118 valence electrons. The van der Waals surface area contributed by atoms with Gasteiger partial charge in [-0.2, -0.15) is 0 Å². The van der Waals surface area contributed by atoms with Gasteiger partial charge in [0.2, 0.25) is 0 Å². The highest BCUT2D eigenvalue weighted by molar-refractivity contribution is 7.98. The average molecular weight is 323 g/mol. The van der Waals surface area contributed by atoms with Gasteiger partial charge in [-0.05, 0) is 11.5 Å². The monoisotopic (exact) mass is 323 g/mol. The SMILES string of the molecule is CSc1nc(N2CCOCC2)c2nnnc(NCCO)c2n1. The molecule has 2 N–H and O–H groups in total. The molecule has 1 aliphatic heterocycles. The van der Waals surface area contributed by atoms with Gasteiger partial charge < -0.3 is 20.1 Å². The summed E-state index contributed by atoms with van der Waals surface area (Å²) < 4.78 is 5.39. The van der Waals surface area contributed by atoms with Gasteiger partial charge in [0.1, 0.15) is 5.52 Å². The summed E-state index contributed by atoms with van der Waals surface area (Å²) >= 11 is 1.46. The molecule has 1 saturated heterocycles. The predicted octanol–water partition coefficient (Wildman–Crippen LogP) is -0.223. The smallest absolute Gasteiger partial charge is 0.190 e. The first-order valence-corrected chi connectivity index (χ1v) is 8.18. The maximum atomic E-state index is 8.97. The van der Waals surface area contributed by atoms with Crippen molar-refractivity contribution in [2.75, 3.05) is 55.9 Å². The van der Waals surface area contributed by atoms with Gasteiger partial charge in [0, 0.05) is 19.6 Å². The van der Waals surface area contributed by atoms with Crippen LogP contribution >= 0.6 is 11.8 Å². The Morgan fingerprint density at radius 1 is 1.23 bits per heavy atom. The number of hydrogen-bond acceptors (Lipinski definition) is 10. The fourth-order valence-corrected chi connectivity index (χ4v) is 2.58. The van der Waals surface area contributed by atoms with E-state index in [1.54, 1.807) is 0 Å². The molecule has 0 aromatic carbocycles. The van der Waals surface area contributed by atoms with Crippen molar-refractivity contribution >= 4 is 34.4 Å². The fraction of sp³-hybridized carbons (Fsp3) is 0.583. The van der Waals surface area contributed by atoms with Crippen molar-refractivity contribution in [3.8, 4) is 0 Å². The molecule has 10 heteroatoms. The van der Waals surface area contributed by atoms with E-state index in [-0.39, 0.29) is 6.61 Å². The van der Waals surface area contributed by atoms with Crippen molar-refractivity contribution in [2.24, 2.45) is 0 Å². The van der Waals surface area contributed by atoms with Crippen LogP contribution in [0.3, 0.4) is 0 Å². The van der Waals surface area contributed by atoms with Gasteiger partial charge in [-0.15, -0.1) is 10.2 Å². The Labute approximate surface area is 131 Å². The summed E-state index contributed by atoms with van der Waals surface area (Å²) in [5, 5.41) is 24.5. The first-order chi connectivity index (χ1) is 10.8. The van der Waals surface area contributed by atoms with E-state index in [0.717, 1.165) is 18.9 Å². The first kappa shape index (κ1) is 15.1. The van der Waals surface area contributed by atoms with Crippen molar-refractivity contribution in [3.63, 3.8) is 0 Å². The minimum atomic E-state index is 0.00227. The first-order valence-electron chi connectivity index (χ1n) is 6.96. The Bertz CT molecular complexity index is 651. The highest BCUT2D eigenvalue weighted by atomic mass is 32.2. The second-order valence-corrected chi connectivity index (χ2v) is 5.39. The summed E-state index contributed by atoms with van der Waals surface area (Å²) in [4.78, 5) is 11.2. The molecule has 22 heavy (non-hydrogen) atoms. The van der Waals surface area contributed by atoms with Gasteiger partial charge in [0.05, 0.1) is 19.8 Å². The van der Waals surface area contributed by atoms with Crippen LogP contribution < -0.4 is 10.2 Å². The standard InChI is InChI=1S/C12H17N7O2S/c1-22-12-14-8-9(16-18-17-10(8)13-2-5-20)11(15-12)19-3-6-21-7-4-19/h20H,2-7H2,1H3,(H,13,16,17). The average Bonchev–Trinajstić information content (AvgIpc) is 2.59. The number of hydrogen-bond donors (Lipinski definition) is 2. The molecule has 0 saturated carbocycles. The molecule has 0 bridgehead atoms. The van der Waals surface area contributed by atoms with Gasteiger partial charge >= 0.3 is 0 Å². The lowest BCUT2D eigenvalue weighted by atomic mass is 10.3. The lowest BCUT2D eigenvalue weighted by Gasteiger charge is -2.28. The largest absolute Gasteiger partial charge is 0.395 e. The minimum absolute atomic E-state index is 0.00227. The van der Waals surface area contributed by atoms with Crippen molar-refractivity contribution in [2.45, 2.75) is 5.16 Å². The van der Waals surface area contributed by atoms with Gasteiger partial charge in [-0.3, -0.25) is 0 Å². The van der Waals surface area contributed by atoms with Gasteiger partial charge in [0.15, 0.2) is 22.3 Å². The van der Waals surface area contributed by atoms with Gasteiger partial charge in [-0.1, -0.05) is 11.8 Å². The fourth-order valence-electron chi connectivity index (χ4n) is 2.22. The summed E-state index contributed by atoms with van der Waals surface area (Å²) in [5.74, 6) is 1.26. The van der Waals surface area contributed by atoms with Crippen molar-refractivity contribution in [1.82, 2.24) is 25.4 Å². The Morgan fingerprint density at radius 3 is 2.77 bits per heavy atom. The maximum Gasteiger partial charge on any atom is 0.190 e. The third-order valence-electron chi connectivity index (χ3n) is 3.26. The van der Waals surface area contributed by atoms with E-state index in [9.17, 15) is 0 Å². The summed E-state index contributed by atoms with van der Waals surface area (Å²) in [6.45, 7) is 3.21. The van der Waals surface area contributed by atoms with Crippen LogP contribution in [0.1, 0.15) is 0 Å². The number of nitrogens with one attached hydrogen (secondary N) is 1. The van der Waals surface area contributed by atoms with Gasteiger partial charge in [-0.25, -0.2) is 9.97 Å². The molecule has 0 amide bonds. The van der Waals surface area contributed by atoms with Crippen molar-refractivity contribution < 1.29 is 9.84 Å². The highest BCUT2D eigenvalue weighted by Crippen LogP contribution is 2.27. The minimum Gasteiger partial charge on any atom is -0.395 e. The van der Waals surface area contributed by atoms with E-state index in [4.69, 9.17) is 9.84 Å². The number of aliphatic hydroxyl groups excluding tert-OH is 1. The Morgan fingerprint density at radius 2 is 2.05 bits per heavy atom. The van der Waals surface area contributed by atoms with Crippen LogP contribution in [0.5, 0.6) is 0 Å². The molecule has 2 aromatic heterocycles. The van der Waals surface area contributed by atoms with Crippen LogP contribution in [-0.2, 0) is 4.74 Å². The van der Waals surface area contributed by atoms with E-state index in [1.807, 2.05) is 6.26 Å². The molecule has 9 nitrogen and oxygen atoms in total. The molecule has 3 rings (SSSR count). The Balaban J connectivity index is 2.09. The topological polar surface area (TPSA) is 109 Å². The molecule has 0 aliphatic carbocycles. The van der Waals surface area contributed by atoms with E-state index in [2.05, 4.69) is 35.6 Å². The third-order valence-corrected chi connectivity index (χ3v) is 3.80. The number of morpholine rings is 1. The quantitative estimate of drug-likeness (QED) is 0.566. The Kier molecular flexibility index (Phi) is 4.80. The highest BCUT2D eigenvalue weighted by Gasteiger charge is 2.20. The van der Waals surface area contributed by atoms with Crippen molar-refractivity contribution in [3.05, 3.63) is 0 Å². The summed E-state index contributed by atoms with van der Waals surface area (Å²) in [6.07, 6.45) is 1.92. The molecular weight excluding hydrogens is 306 g/mol. The van der Waals surface area contributed by atoms with E-state index < -0.39 is 0 Å². The van der Waals surface area contributed by atoms with E-state index in [1.165, 1.54) is 11.8 Å². The molecule has 1 aliphatic rings. The summed E-state index contributed by atoms with van der Waals surface area (Å²) in [5.41, 5.74) is 1.22. The van der Waals surface area contributed by atoms with Crippen LogP contribution in [0, 0.1) is 0 Å². The van der Waals surface area contributed by atoms with Crippen LogP contribution in [0.4, 0.5) is 11.6 Å². The molecule has 0 atom stereocenters. The predicted molar refractivity (Wildman–Crippen MR) is 83.3 cm³/mol. The van der Waals surface area contributed by atoms with Crippen molar-refractivity contribution in [1.29, 1.82) is 0 Å². The van der Waals surface area contributed by atoms with Crippen LogP contribution in [0.25, 0.3) is 11.0 Å². The van der Waals surface area contributed by atoms with Crippen LogP contribution in [-0.4, -0.2) is 76.2 Å².